The quantitative estimate of drug-likeness (QED) is 0.410. The molecule has 2 aromatic carbocycles. The molecule has 0 amide bonds. The van der Waals surface area contributed by atoms with Gasteiger partial charge >= 0.3 is 0 Å². The van der Waals surface area contributed by atoms with E-state index in [1.54, 1.807) is 7.11 Å². The molecule has 1 saturated heterocycles. The third kappa shape index (κ3) is 7.40. The predicted molar refractivity (Wildman–Crippen MR) is 113 cm³/mol. The van der Waals surface area contributed by atoms with Crippen molar-refractivity contribution in [1.29, 1.82) is 0 Å². The SMILES string of the molecule is C=CCc1ccccc1OCC(O)CN1CCN(c2ccc(OC)cc2)CC1.[Cl-].[Cl-]. The smallest absolute Gasteiger partial charge is 0.122 e. The number of anilines is 1. The molecule has 5 nitrogen and oxygen atoms in total. The Morgan fingerprint density at radius 3 is 2.33 bits per heavy atom. The monoisotopic (exact) mass is 452 g/mol. The van der Waals surface area contributed by atoms with Gasteiger partial charge in [0.05, 0.1) is 7.11 Å². The highest BCUT2D eigenvalue weighted by Crippen LogP contribution is 2.21. The molecule has 0 saturated carbocycles. The van der Waals surface area contributed by atoms with Crippen LogP contribution in [0, 0.1) is 0 Å². The third-order valence-corrected chi connectivity index (χ3v) is 5.05. The molecule has 7 heteroatoms. The van der Waals surface area contributed by atoms with Crippen LogP contribution in [0.4, 0.5) is 5.69 Å². The number of hydrogen-bond acceptors (Lipinski definition) is 5. The summed E-state index contributed by atoms with van der Waals surface area (Å²) in [6, 6.07) is 16.1. The average Bonchev–Trinajstić information content (AvgIpc) is 2.74. The lowest BCUT2D eigenvalue weighted by Crippen LogP contribution is -3.00. The van der Waals surface area contributed by atoms with Gasteiger partial charge in [-0.1, -0.05) is 24.3 Å². The number of hydrogen-bond donors (Lipinski definition) is 1. The first-order chi connectivity index (χ1) is 13.7. The molecule has 3 rings (SSSR count). The summed E-state index contributed by atoms with van der Waals surface area (Å²) in [6.07, 6.45) is 2.12. The van der Waals surface area contributed by atoms with Crippen LogP contribution in [-0.2, 0) is 6.42 Å². The van der Waals surface area contributed by atoms with Gasteiger partial charge in [-0.05, 0) is 42.3 Å². The van der Waals surface area contributed by atoms with E-state index in [-0.39, 0.29) is 24.8 Å². The van der Waals surface area contributed by atoms with Crippen molar-refractivity contribution in [3.05, 3.63) is 66.7 Å². The van der Waals surface area contributed by atoms with Crippen LogP contribution < -0.4 is 39.2 Å². The number of β-amino-alcohol motifs (C(OH)–C–C–N with tert-alkyl or cyclic N) is 1. The zero-order valence-corrected chi connectivity index (χ0v) is 18.9. The van der Waals surface area contributed by atoms with Gasteiger partial charge in [0, 0.05) is 38.4 Å². The molecule has 1 aliphatic rings. The van der Waals surface area contributed by atoms with E-state index in [4.69, 9.17) is 9.47 Å². The fourth-order valence-electron chi connectivity index (χ4n) is 3.49. The Balaban J connectivity index is 0.00000225. The van der Waals surface area contributed by atoms with Crippen molar-refractivity contribution in [2.45, 2.75) is 12.5 Å². The molecule has 166 valence electrons. The second-order valence-corrected chi connectivity index (χ2v) is 7.05. The van der Waals surface area contributed by atoms with E-state index < -0.39 is 6.10 Å². The lowest BCUT2D eigenvalue weighted by molar-refractivity contribution is -0.001000. The van der Waals surface area contributed by atoms with E-state index in [9.17, 15) is 5.11 Å². The van der Waals surface area contributed by atoms with Gasteiger partial charge in [-0.15, -0.1) is 6.58 Å². The molecule has 1 fully saturated rings. The van der Waals surface area contributed by atoms with Crippen molar-refractivity contribution in [1.82, 2.24) is 4.90 Å². The largest absolute Gasteiger partial charge is 1.00 e. The lowest BCUT2D eigenvalue weighted by Gasteiger charge is -2.36. The van der Waals surface area contributed by atoms with E-state index in [0.29, 0.717) is 13.2 Å². The van der Waals surface area contributed by atoms with E-state index in [1.165, 1.54) is 5.69 Å². The van der Waals surface area contributed by atoms with Crippen LogP contribution in [0.2, 0.25) is 0 Å². The third-order valence-electron chi connectivity index (χ3n) is 5.05. The molecule has 1 atom stereocenters. The number of para-hydroxylation sites is 1. The van der Waals surface area contributed by atoms with Gasteiger partial charge in [0.15, 0.2) is 0 Å². The highest BCUT2D eigenvalue weighted by Gasteiger charge is 2.20. The molecule has 1 heterocycles. The highest BCUT2D eigenvalue weighted by molar-refractivity contribution is 5.49. The Morgan fingerprint density at radius 2 is 1.70 bits per heavy atom. The van der Waals surface area contributed by atoms with Gasteiger partial charge in [0.25, 0.3) is 0 Å². The lowest BCUT2D eigenvalue weighted by atomic mass is 10.1. The number of halogens is 2. The summed E-state index contributed by atoms with van der Waals surface area (Å²) in [5.41, 5.74) is 2.31. The number of methoxy groups -OCH3 is 1. The minimum Gasteiger partial charge on any atom is -1.00 e. The number of benzene rings is 2. The topological polar surface area (TPSA) is 45.2 Å². The Kier molecular flexibility index (Phi) is 11.7. The second kappa shape index (κ2) is 13.4. The molecule has 0 aliphatic carbocycles. The number of ether oxygens (including phenoxy) is 2. The maximum Gasteiger partial charge on any atom is 0.122 e. The van der Waals surface area contributed by atoms with Gasteiger partial charge in [-0.3, -0.25) is 4.90 Å². The fraction of sp³-hybridized carbons (Fsp3) is 0.391. The molecule has 1 N–H and O–H groups in total. The Morgan fingerprint density at radius 1 is 1.03 bits per heavy atom. The first-order valence-corrected chi connectivity index (χ1v) is 9.80. The van der Waals surface area contributed by atoms with Gasteiger partial charge in [-0.25, -0.2) is 0 Å². The van der Waals surface area contributed by atoms with Gasteiger partial charge in [-0.2, -0.15) is 0 Å². The maximum absolute atomic E-state index is 10.4. The molecular formula is C23H30Cl2N2O3-2. The minimum absolute atomic E-state index is 0. The van der Waals surface area contributed by atoms with Crippen LogP contribution >= 0.6 is 0 Å². The molecule has 30 heavy (non-hydrogen) atoms. The normalized spacial score (nSPS) is 14.8. The van der Waals surface area contributed by atoms with Crippen LogP contribution in [0.25, 0.3) is 0 Å². The van der Waals surface area contributed by atoms with Crippen molar-refractivity contribution < 1.29 is 39.4 Å². The second-order valence-electron chi connectivity index (χ2n) is 7.05. The molecule has 0 bridgehead atoms. The summed E-state index contributed by atoms with van der Waals surface area (Å²) >= 11 is 0. The zero-order chi connectivity index (χ0) is 19.8. The number of aliphatic hydroxyl groups excluding tert-OH is 1. The van der Waals surface area contributed by atoms with Crippen LogP contribution in [0.3, 0.4) is 0 Å². The van der Waals surface area contributed by atoms with Crippen LogP contribution in [-0.4, -0.2) is 62.6 Å². The number of aliphatic hydroxyl groups is 1. The van der Waals surface area contributed by atoms with Crippen LogP contribution in [0.1, 0.15) is 5.56 Å². The summed E-state index contributed by atoms with van der Waals surface area (Å²) in [5, 5.41) is 10.4. The van der Waals surface area contributed by atoms with Crippen LogP contribution in [0.15, 0.2) is 61.2 Å². The summed E-state index contributed by atoms with van der Waals surface area (Å²) in [5.74, 6) is 1.70. The number of piperazine rings is 1. The first-order valence-electron chi connectivity index (χ1n) is 9.80. The molecule has 1 aliphatic heterocycles. The summed E-state index contributed by atoms with van der Waals surface area (Å²) in [4.78, 5) is 4.66. The van der Waals surface area contributed by atoms with Crippen molar-refractivity contribution in [3.8, 4) is 11.5 Å². The number of rotatable bonds is 9. The van der Waals surface area contributed by atoms with E-state index in [2.05, 4.69) is 28.5 Å². The summed E-state index contributed by atoms with van der Waals surface area (Å²) < 4.78 is 11.1. The first kappa shape index (κ1) is 26.1. The van der Waals surface area contributed by atoms with Crippen molar-refractivity contribution in [3.63, 3.8) is 0 Å². The van der Waals surface area contributed by atoms with Gasteiger partial charge < -0.3 is 44.3 Å². The Hall–Kier alpha value is -1.92. The van der Waals surface area contributed by atoms with Crippen molar-refractivity contribution >= 4 is 5.69 Å². The molecule has 0 aromatic heterocycles. The molecule has 1 unspecified atom stereocenters. The van der Waals surface area contributed by atoms with E-state index in [0.717, 1.165) is 49.7 Å². The van der Waals surface area contributed by atoms with Gasteiger partial charge in [0.2, 0.25) is 0 Å². The fourth-order valence-corrected chi connectivity index (χ4v) is 3.49. The molecule has 0 spiro atoms. The molecular weight excluding hydrogens is 423 g/mol. The predicted octanol–water partition coefficient (Wildman–Crippen LogP) is -3.01. The molecule has 0 radical (unpaired) electrons. The van der Waals surface area contributed by atoms with Crippen molar-refractivity contribution in [2.24, 2.45) is 0 Å². The summed E-state index contributed by atoms with van der Waals surface area (Å²) in [6.45, 7) is 8.45. The minimum atomic E-state index is -0.510. The standard InChI is InChI=1S/C23H30N2O3.2ClH/c1-3-6-19-7-4-5-8-23(19)28-18-21(26)17-24-13-15-25(16-14-24)20-9-11-22(27-2)12-10-20;;/h3-5,7-12,21,26H,1,6,13-18H2,2H3;2*1H/p-2. The van der Waals surface area contributed by atoms with Crippen LogP contribution in [0.5, 0.6) is 11.5 Å². The Labute approximate surface area is 192 Å². The Bertz CT molecular complexity index is 750. The number of nitrogens with zero attached hydrogens (tertiary/aromatic N) is 2. The van der Waals surface area contributed by atoms with E-state index >= 15 is 0 Å². The van der Waals surface area contributed by atoms with E-state index in [1.807, 2.05) is 42.5 Å². The van der Waals surface area contributed by atoms with Crippen molar-refractivity contribution in [2.75, 3.05) is 51.3 Å². The zero-order valence-electron chi connectivity index (χ0n) is 17.3. The molecule has 2 aromatic rings. The van der Waals surface area contributed by atoms with Gasteiger partial charge in [0.1, 0.15) is 24.2 Å². The number of allylic oxidation sites excluding steroid dienone is 1. The summed E-state index contributed by atoms with van der Waals surface area (Å²) in [7, 11) is 1.68. The average molecular weight is 453 g/mol. The maximum atomic E-state index is 10.4. The highest BCUT2D eigenvalue weighted by atomic mass is 35.5.